The Hall–Kier alpha value is -2.12. The molecule has 1 saturated heterocycles. The van der Waals surface area contributed by atoms with Gasteiger partial charge in [-0.1, -0.05) is 0 Å². The Bertz CT molecular complexity index is 738. The zero-order valence-corrected chi connectivity index (χ0v) is 14.8. The van der Waals surface area contributed by atoms with Crippen LogP contribution in [-0.2, 0) is 0 Å². The summed E-state index contributed by atoms with van der Waals surface area (Å²) in [6, 6.07) is 5.49. The Morgan fingerprint density at radius 3 is 2.92 bits per heavy atom. The molecule has 0 aliphatic carbocycles. The number of nitrogens with zero attached hydrogens (tertiary/aromatic N) is 1. The smallest absolute Gasteiger partial charge is 0.291 e. The number of carbonyl (C=O) groups excluding carboxylic acids is 2. The zero-order chi connectivity index (χ0) is 17.3. The fourth-order valence-electron chi connectivity index (χ4n) is 2.81. The molecule has 2 atom stereocenters. The predicted molar refractivity (Wildman–Crippen MR) is 93.7 cm³/mol. The first-order chi connectivity index (χ1) is 11.5. The van der Waals surface area contributed by atoms with Crippen molar-refractivity contribution in [2.24, 2.45) is 0 Å². The molecule has 2 N–H and O–H groups in total. The number of furan rings is 1. The van der Waals surface area contributed by atoms with E-state index in [1.807, 2.05) is 17.9 Å². The predicted octanol–water partition coefficient (Wildman–Crippen LogP) is 2.72. The Kier molecular flexibility index (Phi) is 4.73. The van der Waals surface area contributed by atoms with Crippen molar-refractivity contribution in [3.63, 3.8) is 0 Å². The van der Waals surface area contributed by atoms with Crippen molar-refractivity contribution in [2.45, 2.75) is 32.9 Å². The molecule has 0 saturated carbocycles. The molecule has 3 heterocycles. The van der Waals surface area contributed by atoms with Crippen LogP contribution in [0.5, 0.6) is 0 Å². The molecule has 6 nitrogen and oxygen atoms in total. The van der Waals surface area contributed by atoms with E-state index >= 15 is 0 Å². The Labute approximate surface area is 144 Å². The molecule has 2 unspecified atom stereocenters. The van der Waals surface area contributed by atoms with E-state index < -0.39 is 0 Å². The number of carbonyl (C=O) groups is 2. The highest BCUT2D eigenvalue weighted by Crippen LogP contribution is 2.29. The summed E-state index contributed by atoms with van der Waals surface area (Å²) in [7, 11) is 0. The zero-order valence-electron chi connectivity index (χ0n) is 14.0. The van der Waals surface area contributed by atoms with E-state index in [0.29, 0.717) is 16.4 Å². The molecule has 1 aliphatic rings. The summed E-state index contributed by atoms with van der Waals surface area (Å²) in [5.74, 6) is -0.0419. The first-order valence-corrected chi connectivity index (χ1v) is 8.78. The van der Waals surface area contributed by atoms with E-state index in [0.717, 1.165) is 12.1 Å². The number of amides is 2. The molecule has 0 spiro atoms. The summed E-state index contributed by atoms with van der Waals surface area (Å²) >= 11 is 1.30. The third-order valence-corrected chi connectivity index (χ3v) is 5.53. The number of hydrogen-bond acceptors (Lipinski definition) is 5. The topological polar surface area (TPSA) is 74.6 Å². The molecule has 2 aromatic heterocycles. The summed E-state index contributed by atoms with van der Waals surface area (Å²) in [5.41, 5.74) is 0.873. The summed E-state index contributed by atoms with van der Waals surface area (Å²) in [6.07, 6.45) is 1.45. The second-order valence-electron chi connectivity index (χ2n) is 6.04. The molecule has 1 aliphatic heterocycles. The third kappa shape index (κ3) is 3.22. The Morgan fingerprint density at radius 2 is 2.21 bits per heavy atom. The SMILES string of the molecule is Cc1cc(NC(=O)c2ccco2)sc1C(=O)N1CCNC(C)C1C. The summed E-state index contributed by atoms with van der Waals surface area (Å²) in [4.78, 5) is 27.5. The van der Waals surface area contributed by atoms with E-state index in [1.54, 1.807) is 12.1 Å². The average molecular weight is 347 g/mol. The highest BCUT2D eigenvalue weighted by molar-refractivity contribution is 7.18. The van der Waals surface area contributed by atoms with Gasteiger partial charge in [0.1, 0.15) is 0 Å². The van der Waals surface area contributed by atoms with Gasteiger partial charge in [0.05, 0.1) is 16.1 Å². The van der Waals surface area contributed by atoms with Gasteiger partial charge < -0.3 is 20.0 Å². The van der Waals surface area contributed by atoms with Crippen molar-refractivity contribution in [3.8, 4) is 0 Å². The molecule has 2 amide bonds. The number of aryl methyl sites for hydroxylation is 1. The van der Waals surface area contributed by atoms with Crippen molar-refractivity contribution in [2.75, 3.05) is 18.4 Å². The number of thiophene rings is 1. The van der Waals surface area contributed by atoms with Crippen LogP contribution < -0.4 is 10.6 Å². The van der Waals surface area contributed by atoms with Crippen molar-refractivity contribution in [1.82, 2.24) is 10.2 Å². The number of nitrogens with one attached hydrogen (secondary N) is 2. The first-order valence-electron chi connectivity index (χ1n) is 7.97. The lowest BCUT2D eigenvalue weighted by Crippen LogP contribution is -2.57. The minimum Gasteiger partial charge on any atom is -0.459 e. The van der Waals surface area contributed by atoms with Gasteiger partial charge >= 0.3 is 0 Å². The highest BCUT2D eigenvalue weighted by Gasteiger charge is 2.30. The Balaban J connectivity index is 1.76. The fourth-order valence-corrected chi connectivity index (χ4v) is 3.83. The van der Waals surface area contributed by atoms with Crippen LogP contribution in [0.1, 0.15) is 39.6 Å². The van der Waals surface area contributed by atoms with E-state index in [2.05, 4.69) is 24.5 Å². The van der Waals surface area contributed by atoms with Crippen LogP contribution in [0, 0.1) is 6.92 Å². The van der Waals surface area contributed by atoms with Gasteiger partial charge in [-0.15, -0.1) is 11.3 Å². The normalized spacial score (nSPS) is 20.9. The van der Waals surface area contributed by atoms with E-state index in [-0.39, 0.29) is 29.7 Å². The monoisotopic (exact) mass is 347 g/mol. The van der Waals surface area contributed by atoms with Gasteiger partial charge in [-0.3, -0.25) is 9.59 Å². The second-order valence-corrected chi connectivity index (χ2v) is 7.09. The van der Waals surface area contributed by atoms with Crippen LogP contribution in [0.15, 0.2) is 28.9 Å². The van der Waals surface area contributed by atoms with Gasteiger partial charge in [0, 0.05) is 25.2 Å². The number of rotatable bonds is 3. The summed E-state index contributed by atoms with van der Waals surface area (Å²) in [6.45, 7) is 7.51. The quantitative estimate of drug-likeness (QED) is 0.895. The molecule has 0 aromatic carbocycles. The number of piperazine rings is 1. The van der Waals surface area contributed by atoms with Crippen molar-refractivity contribution in [1.29, 1.82) is 0 Å². The van der Waals surface area contributed by atoms with E-state index in [1.165, 1.54) is 17.6 Å². The molecular weight excluding hydrogens is 326 g/mol. The molecule has 3 rings (SSSR count). The van der Waals surface area contributed by atoms with E-state index in [9.17, 15) is 9.59 Å². The van der Waals surface area contributed by atoms with Crippen LogP contribution in [0.25, 0.3) is 0 Å². The lowest BCUT2D eigenvalue weighted by Gasteiger charge is -2.38. The minimum absolute atomic E-state index is 0.0249. The molecule has 128 valence electrons. The standard InChI is InChI=1S/C17H21N3O3S/c1-10-9-14(19-16(21)13-5-4-8-23-13)24-15(10)17(22)20-7-6-18-11(2)12(20)3/h4-5,8-9,11-12,18H,6-7H2,1-3H3,(H,19,21). The number of hydrogen-bond donors (Lipinski definition) is 2. The van der Waals surface area contributed by atoms with E-state index in [4.69, 9.17) is 4.42 Å². The Morgan fingerprint density at radius 1 is 1.42 bits per heavy atom. The first kappa shape index (κ1) is 16.7. The van der Waals surface area contributed by atoms with Crippen molar-refractivity contribution < 1.29 is 14.0 Å². The van der Waals surface area contributed by atoms with Gasteiger partial charge in [-0.25, -0.2) is 0 Å². The molecule has 24 heavy (non-hydrogen) atoms. The molecule has 7 heteroatoms. The second kappa shape index (κ2) is 6.78. The van der Waals surface area contributed by atoms with Crippen LogP contribution in [-0.4, -0.2) is 41.9 Å². The lowest BCUT2D eigenvalue weighted by molar-refractivity contribution is 0.0607. The van der Waals surface area contributed by atoms with Gasteiger partial charge in [-0.2, -0.15) is 0 Å². The van der Waals surface area contributed by atoms with Gasteiger partial charge in [-0.05, 0) is 44.5 Å². The third-order valence-electron chi connectivity index (χ3n) is 4.39. The summed E-state index contributed by atoms with van der Waals surface area (Å²) < 4.78 is 5.08. The van der Waals surface area contributed by atoms with Gasteiger partial charge in [0.25, 0.3) is 11.8 Å². The maximum absolute atomic E-state index is 12.9. The largest absolute Gasteiger partial charge is 0.459 e. The molecule has 1 fully saturated rings. The van der Waals surface area contributed by atoms with Crippen molar-refractivity contribution >= 4 is 28.2 Å². The van der Waals surface area contributed by atoms with Gasteiger partial charge in [0.15, 0.2) is 5.76 Å². The average Bonchev–Trinajstić information content (AvgIpc) is 3.19. The maximum Gasteiger partial charge on any atom is 0.291 e. The van der Waals surface area contributed by atoms with Gasteiger partial charge in [0.2, 0.25) is 0 Å². The highest BCUT2D eigenvalue weighted by atomic mass is 32.1. The van der Waals surface area contributed by atoms with Crippen molar-refractivity contribution in [3.05, 3.63) is 40.7 Å². The molecule has 2 aromatic rings. The molecule has 0 bridgehead atoms. The van der Waals surface area contributed by atoms with Crippen LogP contribution >= 0.6 is 11.3 Å². The fraction of sp³-hybridized carbons (Fsp3) is 0.412. The molecular formula is C17H21N3O3S. The molecule has 0 radical (unpaired) electrons. The van der Waals surface area contributed by atoms with Crippen LogP contribution in [0.4, 0.5) is 5.00 Å². The minimum atomic E-state index is -0.315. The summed E-state index contributed by atoms with van der Waals surface area (Å²) in [5, 5.41) is 6.80. The van der Waals surface area contributed by atoms with Crippen LogP contribution in [0.3, 0.4) is 0 Å². The number of anilines is 1. The lowest BCUT2D eigenvalue weighted by atomic mass is 10.1. The maximum atomic E-state index is 12.9. The van der Waals surface area contributed by atoms with Crippen LogP contribution in [0.2, 0.25) is 0 Å².